The zero-order valence-corrected chi connectivity index (χ0v) is 11.6. The highest BCUT2D eigenvalue weighted by atomic mass is 127. The number of benzene rings is 1. The summed E-state index contributed by atoms with van der Waals surface area (Å²) in [7, 11) is 0. The molecule has 6 heteroatoms. The number of hydrogen-bond acceptors (Lipinski definition) is 3. The Hall–Kier alpha value is -0.890. The first kappa shape index (κ1) is 12.6. The van der Waals surface area contributed by atoms with Gasteiger partial charge >= 0.3 is 0 Å². The number of hydrogen-bond donors (Lipinski definition) is 1. The molecule has 0 aliphatic carbocycles. The monoisotopic (exact) mass is 349 g/mol. The third-order valence-electron chi connectivity index (χ3n) is 2.48. The van der Waals surface area contributed by atoms with E-state index in [1.807, 2.05) is 29.5 Å². The SMILES string of the molecule is CCOCCn1c(N)nc2cc(I)c(F)cc21. The molecule has 0 saturated carbocycles. The molecule has 0 aliphatic heterocycles. The molecule has 1 heterocycles. The Bertz CT molecular complexity index is 541. The molecule has 0 radical (unpaired) electrons. The first-order valence-corrected chi connectivity index (χ1v) is 6.40. The maximum absolute atomic E-state index is 13.5. The van der Waals surface area contributed by atoms with Gasteiger partial charge in [-0.1, -0.05) is 0 Å². The van der Waals surface area contributed by atoms with Gasteiger partial charge in [0.2, 0.25) is 5.95 Å². The Labute approximate surface area is 112 Å². The molecule has 0 fully saturated rings. The van der Waals surface area contributed by atoms with Crippen molar-refractivity contribution in [2.45, 2.75) is 13.5 Å². The molecule has 0 atom stereocenters. The lowest BCUT2D eigenvalue weighted by Gasteiger charge is -2.06. The van der Waals surface area contributed by atoms with Gasteiger partial charge in [0.05, 0.1) is 21.2 Å². The van der Waals surface area contributed by atoms with E-state index in [1.54, 1.807) is 10.6 Å². The predicted octanol–water partition coefficient (Wildman–Crippen LogP) is 2.40. The fourth-order valence-corrected chi connectivity index (χ4v) is 2.12. The topological polar surface area (TPSA) is 53.1 Å². The van der Waals surface area contributed by atoms with Crippen molar-refractivity contribution >= 4 is 39.6 Å². The van der Waals surface area contributed by atoms with Gasteiger partial charge in [0, 0.05) is 19.2 Å². The van der Waals surface area contributed by atoms with Crippen LogP contribution in [0, 0.1) is 9.39 Å². The van der Waals surface area contributed by atoms with Gasteiger partial charge < -0.3 is 15.0 Å². The summed E-state index contributed by atoms with van der Waals surface area (Å²) < 4.78 is 21.1. The van der Waals surface area contributed by atoms with E-state index in [0.29, 0.717) is 40.3 Å². The van der Waals surface area contributed by atoms with Crippen molar-refractivity contribution < 1.29 is 9.13 Å². The molecule has 92 valence electrons. The average molecular weight is 349 g/mol. The Morgan fingerprint density at radius 1 is 1.53 bits per heavy atom. The van der Waals surface area contributed by atoms with Crippen molar-refractivity contribution in [2.24, 2.45) is 0 Å². The van der Waals surface area contributed by atoms with Gasteiger partial charge in [-0.25, -0.2) is 9.37 Å². The number of ether oxygens (including phenoxy) is 1. The fraction of sp³-hybridized carbons (Fsp3) is 0.364. The van der Waals surface area contributed by atoms with Crippen LogP contribution in [0.15, 0.2) is 12.1 Å². The van der Waals surface area contributed by atoms with Gasteiger partial charge in [0.25, 0.3) is 0 Å². The lowest BCUT2D eigenvalue weighted by Crippen LogP contribution is -2.08. The number of nitrogens with two attached hydrogens (primary N) is 1. The minimum absolute atomic E-state index is 0.254. The van der Waals surface area contributed by atoms with Crippen molar-refractivity contribution in [3.05, 3.63) is 21.5 Å². The molecule has 17 heavy (non-hydrogen) atoms. The van der Waals surface area contributed by atoms with Crippen LogP contribution < -0.4 is 5.73 Å². The first-order valence-electron chi connectivity index (χ1n) is 5.32. The summed E-state index contributed by atoms with van der Waals surface area (Å²) in [5.74, 6) is 0.136. The zero-order chi connectivity index (χ0) is 12.4. The number of imidazole rings is 1. The molecule has 0 amide bonds. The van der Waals surface area contributed by atoms with Gasteiger partial charge in [-0.15, -0.1) is 0 Å². The second-order valence-corrected chi connectivity index (χ2v) is 4.74. The molecule has 2 rings (SSSR count). The molecule has 4 nitrogen and oxygen atoms in total. The minimum Gasteiger partial charge on any atom is -0.380 e. The highest BCUT2D eigenvalue weighted by molar-refractivity contribution is 14.1. The smallest absolute Gasteiger partial charge is 0.201 e. The summed E-state index contributed by atoms with van der Waals surface area (Å²) in [6.07, 6.45) is 0. The zero-order valence-electron chi connectivity index (χ0n) is 9.41. The number of fused-ring (bicyclic) bond motifs is 1. The third-order valence-corrected chi connectivity index (χ3v) is 3.31. The normalized spacial score (nSPS) is 11.2. The maximum atomic E-state index is 13.5. The maximum Gasteiger partial charge on any atom is 0.201 e. The highest BCUT2D eigenvalue weighted by Gasteiger charge is 2.11. The number of nitrogens with zero attached hydrogens (tertiary/aromatic N) is 2. The minimum atomic E-state index is -0.254. The Balaban J connectivity index is 2.40. The van der Waals surface area contributed by atoms with E-state index in [-0.39, 0.29) is 5.82 Å². The number of rotatable bonds is 4. The van der Waals surface area contributed by atoms with E-state index in [0.717, 1.165) is 0 Å². The van der Waals surface area contributed by atoms with E-state index in [1.165, 1.54) is 6.07 Å². The van der Waals surface area contributed by atoms with Gasteiger partial charge in [-0.3, -0.25) is 0 Å². The van der Waals surface area contributed by atoms with E-state index in [2.05, 4.69) is 4.98 Å². The van der Waals surface area contributed by atoms with Crippen LogP contribution >= 0.6 is 22.6 Å². The lowest BCUT2D eigenvalue weighted by molar-refractivity contribution is 0.140. The molecule has 2 N–H and O–H groups in total. The summed E-state index contributed by atoms with van der Waals surface area (Å²) in [6.45, 7) is 3.70. The van der Waals surface area contributed by atoms with Crippen molar-refractivity contribution in [3.8, 4) is 0 Å². The van der Waals surface area contributed by atoms with Crippen LogP contribution in [0.25, 0.3) is 11.0 Å². The highest BCUT2D eigenvalue weighted by Crippen LogP contribution is 2.22. The molecule has 0 unspecified atom stereocenters. The second-order valence-electron chi connectivity index (χ2n) is 3.57. The molecule has 0 spiro atoms. The molecule has 0 saturated heterocycles. The number of halogens is 2. The first-order chi connectivity index (χ1) is 8.13. The van der Waals surface area contributed by atoms with Crippen molar-refractivity contribution in [3.63, 3.8) is 0 Å². The van der Waals surface area contributed by atoms with Crippen LogP contribution in [-0.2, 0) is 11.3 Å². The lowest BCUT2D eigenvalue weighted by atomic mass is 10.3. The molecule has 2 aromatic rings. The van der Waals surface area contributed by atoms with Crippen molar-refractivity contribution in [2.75, 3.05) is 18.9 Å². The number of nitrogen functional groups attached to an aromatic ring is 1. The Morgan fingerprint density at radius 3 is 3.00 bits per heavy atom. The van der Waals surface area contributed by atoms with Crippen LogP contribution in [0.4, 0.5) is 10.3 Å². The van der Waals surface area contributed by atoms with Gasteiger partial charge in [-0.2, -0.15) is 0 Å². The second kappa shape index (κ2) is 5.18. The third kappa shape index (κ3) is 2.52. The summed E-state index contributed by atoms with van der Waals surface area (Å²) in [6, 6.07) is 3.16. The standard InChI is InChI=1S/C11H13FIN3O/c1-2-17-4-3-16-10-5-7(12)8(13)6-9(10)15-11(16)14/h5-6H,2-4H2,1H3,(H2,14,15). The largest absolute Gasteiger partial charge is 0.380 e. The van der Waals surface area contributed by atoms with Gasteiger partial charge in [-0.05, 0) is 35.6 Å². The van der Waals surface area contributed by atoms with E-state index >= 15 is 0 Å². The number of aromatic nitrogens is 2. The summed E-state index contributed by atoms with van der Waals surface area (Å²) >= 11 is 1.94. The fourth-order valence-electron chi connectivity index (χ4n) is 1.67. The molecular formula is C11H13FIN3O. The summed E-state index contributed by atoms with van der Waals surface area (Å²) in [5, 5.41) is 0. The van der Waals surface area contributed by atoms with Crippen LogP contribution in [-0.4, -0.2) is 22.8 Å². The molecule has 0 bridgehead atoms. The van der Waals surface area contributed by atoms with Crippen LogP contribution in [0.2, 0.25) is 0 Å². The van der Waals surface area contributed by atoms with Gasteiger partial charge in [0.1, 0.15) is 5.82 Å². The molecule has 0 aliphatic rings. The number of anilines is 1. The van der Waals surface area contributed by atoms with Gasteiger partial charge in [0.15, 0.2) is 0 Å². The molecular weight excluding hydrogens is 336 g/mol. The van der Waals surface area contributed by atoms with Crippen LogP contribution in [0.5, 0.6) is 0 Å². The quantitative estimate of drug-likeness (QED) is 0.681. The van der Waals surface area contributed by atoms with E-state index < -0.39 is 0 Å². The predicted molar refractivity (Wildman–Crippen MR) is 73.3 cm³/mol. The molecule has 1 aromatic carbocycles. The van der Waals surface area contributed by atoms with Crippen molar-refractivity contribution in [1.29, 1.82) is 0 Å². The van der Waals surface area contributed by atoms with Crippen LogP contribution in [0.1, 0.15) is 6.92 Å². The van der Waals surface area contributed by atoms with Crippen LogP contribution in [0.3, 0.4) is 0 Å². The van der Waals surface area contributed by atoms with E-state index in [9.17, 15) is 4.39 Å². The Morgan fingerprint density at radius 2 is 2.29 bits per heavy atom. The van der Waals surface area contributed by atoms with E-state index in [4.69, 9.17) is 10.5 Å². The Kier molecular flexibility index (Phi) is 3.82. The summed E-state index contributed by atoms with van der Waals surface area (Å²) in [4.78, 5) is 4.21. The van der Waals surface area contributed by atoms with Crippen molar-refractivity contribution in [1.82, 2.24) is 9.55 Å². The average Bonchev–Trinajstić information content (AvgIpc) is 2.57. The molecule has 1 aromatic heterocycles. The summed E-state index contributed by atoms with van der Waals surface area (Å²) in [5.41, 5.74) is 7.23.